The lowest BCUT2D eigenvalue weighted by molar-refractivity contribution is -0.116. The van der Waals surface area contributed by atoms with Gasteiger partial charge in [0.2, 0.25) is 5.91 Å². The molecule has 0 aliphatic heterocycles. The highest BCUT2D eigenvalue weighted by Gasteiger charge is 2.08. The fourth-order valence-corrected chi connectivity index (χ4v) is 2.46. The van der Waals surface area contributed by atoms with E-state index >= 15 is 0 Å². The Morgan fingerprint density at radius 3 is 2.67 bits per heavy atom. The summed E-state index contributed by atoms with van der Waals surface area (Å²) in [6.45, 7) is 0.199. The van der Waals surface area contributed by atoms with Crippen LogP contribution in [0.25, 0.3) is 10.9 Å². The lowest BCUT2D eigenvalue weighted by Crippen LogP contribution is -2.18. The summed E-state index contributed by atoms with van der Waals surface area (Å²) in [6, 6.07) is 13.9. The monoisotopic (exact) mass is 300 g/mol. The molecule has 4 nitrogen and oxygen atoms in total. The molecule has 1 aromatic heterocycles. The number of hydrogen-bond donors (Lipinski definition) is 2. The molecule has 0 radical (unpaired) electrons. The molecule has 106 valence electrons. The van der Waals surface area contributed by atoms with Gasteiger partial charge in [-0.15, -0.1) is 0 Å². The van der Waals surface area contributed by atoms with E-state index in [0.717, 1.165) is 10.9 Å². The number of hydrogen-bond acceptors (Lipinski definition) is 2. The van der Waals surface area contributed by atoms with Crippen LogP contribution >= 0.6 is 11.6 Å². The minimum Gasteiger partial charge on any atom is -0.508 e. The van der Waals surface area contributed by atoms with Crippen molar-refractivity contribution in [2.45, 2.75) is 6.54 Å². The Morgan fingerprint density at radius 2 is 1.90 bits per heavy atom. The zero-order valence-corrected chi connectivity index (χ0v) is 11.8. The van der Waals surface area contributed by atoms with E-state index in [-0.39, 0.29) is 18.2 Å². The Bertz CT molecular complexity index is 794. The van der Waals surface area contributed by atoms with Crippen LogP contribution in [-0.4, -0.2) is 15.6 Å². The Kier molecular flexibility index (Phi) is 3.54. The standard InChI is InChI=1S/C16H13ClN2O2/c17-14-2-1-3-15-13(14)8-9-19(15)10-16(21)18-11-4-6-12(20)7-5-11/h1-9,20H,10H2,(H,18,21). The predicted molar refractivity (Wildman–Crippen MR) is 83.7 cm³/mol. The molecule has 3 rings (SSSR count). The van der Waals surface area contributed by atoms with Crippen LogP contribution in [0.3, 0.4) is 0 Å². The lowest BCUT2D eigenvalue weighted by Gasteiger charge is -2.07. The van der Waals surface area contributed by atoms with Gasteiger partial charge >= 0.3 is 0 Å². The molecule has 2 aromatic carbocycles. The van der Waals surface area contributed by atoms with Crippen LogP contribution in [0.15, 0.2) is 54.7 Å². The topological polar surface area (TPSA) is 54.3 Å². The molecule has 1 heterocycles. The summed E-state index contributed by atoms with van der Waals surface area (Å²) in [4.78, 5) is 12.1. The van der Waals surface area contributed by atoms with Crippen molar-refractivity contribution < 1.29 is 9.90 Å². The van der Waals surface area contributed by atoms with Gasteiger partial charge in [-0.2, -0.15) is 0 Å². The summed E-state index contributed by atoms with van der Waals surface area (Å²) in [5, 5.41) is 13.6. The van der Waals surface area contributed by atoms with E-state index in [4.69, 9.17) is 11.6 Å². The Morgan fingerprint density at radius 1 is 1.14 bits per heavy atom. The molecule has 0 fully saturated rings. The number of rotatable bonds is 3. The molecule has 0 saturated carbocycles. The molecule has 21 heavy (non-hydrogen) atoms. The summed E-state index contributed by atoms with van der Waals surface area (Å²) in [6.07, 6.45) is 1.84. The molecular weight excluding hydrogens is 288 g/mol. The van der Waals surface area contributed by atoms with Gasteiger partial charge in [-0.1, -0.05) is 17.7 Å². The van der Waals surface area contributed by atoms with Crippen molar-refractivity contribution in [1.29, 1.82) is 0 Å². The number of amides is 1. The summed E-state index contributed by atoms with van der Waals surface area (Å²) in [5.41, 5.74) is 1.57. The smallest absolute Gasteiger partial charge is 0.244 e. The molecule has 5 heteroatoms. The molecular formula is C16H13ClN2O2. The highest BCUT2D eigenvalue weighted by atomic mass is 35.5. The predicted octanol–water partition coefficient (Wildman–Crippen LogP) is 3.64. The van der Waals surface area contributed by atoms with Crippen molar-refractivity contribution in [3.05, 3.63) is 59.8 Å². The van der Waals surface area contributed by atoms with E-state index in [1.54, 1.807) is 12.1 Å². The molecule has 0 spiro atoms. The molecule has 1 amide bonds. The number of nitrogens with one attached hydrogen (secondary N) is 1. The van der Waals surface area contributed by atoms with E-state index in [1.165, 1.54) is 12.1 Å². The van der Waals surface area contributed by atoms with Gasteiger partial charge in [0, 0.05) is 27.8 Å². The van der Waals surface area contributed by atoms with Crippen molar-refractivity contribution in [2.75, 3.05) is 5.32 Å². The van der Waals surface area contributed by atoms with E-state index < -0.39 is 0 Å². The number of phenols is 1. The maximum atomic E-state index is 12.1. The first-order valence-corrected chi connectivity index (χ1v) is 6.83. The zero-order chi connectivity index (χ0) is 14.8. The summed E-state index contributed by atoms with van der Waals surface area (Å²) in [5.74, 6) is 0.0252. The number of carbonyl (C=O) groups excluding carboxylic acids is 1. The molecule has 0 saturated heterocycles. The van der Waals surface area contributed by atoms with E-state index in [2.05, 4.69) is 5.32 Å². The summed E-state index contributed by atoms with van der Waals surface area (Å²) < 4.78 is 1.84. The number of carbonyl (C=O) groups is 1. The molecule has 0 aliphatic carbocycles. The first-order valence-electron chi connectivity index (χ1n) is 6.46. The number of anilines is 1. The first-order chi connectivity index (χ1) is 10.1. The van der Waals surface area contributed by atoms with E-state index in [0.29, 0.717) is 10.7 Å². The van der Waals surface area contributed by atoms with Crippen molar-refractivity contribution in [3.63, 3.8) is 0 Å². The van der Waals surface area contributed by atoms with Gasteiger partial charge in [-0.3, -0.25) is 4.79 Å². The third-order valence-electron chi connectivity index (χ3n) is 3.23. The second kappa shape index (κ2) is 5.50. The lowest BCUT2D eigenvalue weighted by atomic mass is 10.2. The van der Waals surface area contributed by atoms with Crippen molar-refractivity contribution in [1.82, 2.24) is 4.57 Å². The molecule has 0 atom stereocenters. The zero-order valence-electron chi connectivity index (χ0n) is 11.1. The third-order valence-corrected chi connectivity index (χ3v) is 3.56. The van der Waals surface area contributed by atoms with Gasteiger partial charge in [-0.25, -0.2) is 0 Å². The number of fused-ring (bicyclic) bond motifs is 1. The van der Waals surface area contributed by atoms with Crippen LogP contribution in [0.1, 0.15) is 0 Å². The van der Waals surface area contributed by atoms with Crippen LogP contribution in [0.4, 0.5) is 5.69 Å². The first kappa shape index (κ1) is 13.5. The fraction of sp³-hybridized carbons (Fsp3) is 0.0625. The Hall–Kier alpha value is -2.46. The van der Waals surface area contributed by atoms with Gasteiger partial charge in [0.15, 0.2) is 0 Å². The van der Waals surface area contributed by atoms with Crippen molar-refractivity contribution in [3.8, 4) is 5.75 Å². The van der Waals surface area contributed by atoms with Crippen LogP contribution < -0.4 is 5.32 Å². The van der Waals surface area contributed by atoms with Crippen LogP contribution in [0.2, 0.25) is 5.02 Å². The minimum atomic E-state index is -0.141. The average molecular weight is 301 g/mol. The molecule has 0 aliphatic rings. The quantitative estimate of drug-likeness (QED) is 0.726. The van der Waals surface area contributed by atoms with Gasteiger partial charge in [0.05, 0.1) is 0 Å². The molecule has 2 N–H and O–H groups in total. The summed E-state index contributed by atoms with van der Waals surface area (Å²) in [7, 11) is 0. The number of nitrogens with zero attached hydrogens (tertiary/aromatic N) is 1. The molecule has 3 aromatic rings. The second-order valence-corrected chi connectivity index (χ2v) is 5.12. The van der Waals surface area contributed by atoms with Gasteiger partial charge < -0.3 is 15.0 Å². The van der Waals surface area contributed by atoms with Crippen LogP contribution in [0, 0.1) is 0 Å². The van der Waals surface area contributed by atoms with Crippen molar-refractivity contribution >= 4 is 34.1 Å². The maximum absolute atomic E-state index is 12.1. The number of aromatic hydroxyl groups is 1. The third kappa shape index (κ3) is 2.85. The van der Waals surface area contributed by atoms with Crippen LogP contribution in [-0.2, 0) is 11.3 Å². The van der Waals surface area contributed by atoms with Gasteiger partial charge in [0.25, 0.3) is 0 Å². The van der Waals surface area contributed by atoms with Gasteiger partial charge in [0.1, 0.15) is 12.3 Å². The van der Waals surface area contributed by atoms with Crippen LogP contribution in [0.5, 0.6) is 5.75 Å². The molecule has 0 bridgehead atoms. The van der Waals surface area contributed by atoms with E-state index in [9.17, 15) is 9.90 Å². The molecule has 0 unspecified atom stereocenters. The highest BCUT2D eigenvalue weighted by Crippen LogP contribution is 2.24. The second-order valence-electron chi connectivity index (χ2n) is 4.71. The highest BCUT2D eigenvalue weighted by molar-refractivity contribution is 6.35. The average Bonchev–Trinajstić information content (AvgIpc) is 2.86. The summed E-state index contributed by atoms with van der Waals surface area (Å²) >= 11 is 6.11. The number of aromatic nitrogens is 1. The van der Waals surface area contributed by atoms with E-state index in [1.807, 2.05) is 35.0 Å². The number of benzene rings is 2. The Balaban J connectivity index is 1.77. The Labute approximate surface area is 126 Å². The van der Waals surface area contributed by atoms with Crippen molar-refractivity contribution in [2.24, 2.45) is 0 Å². The normalized spacial score (nSPS) is 10.7. The number of halogens is 1. The largest absolute Gasteiger partial charge is 0.508 e. The SMILES string of the molecule is O=C(Cn1ccc2c(Cl)cccc21)Nc1ccc(O)cc1. The number of phenolic OH excluding ortho intramolecular Hbond substituents is 1. The fourth-order valence-electron chi connectivity index (χ4n) is 2.22. The maximum Gasteiger partial charge on any atom is 0.244 e. The minimum absolute atomic E-state index is 0.141. The van der Waals surface area contributed by atoms with Gasteiger partial charge in [-0.05, 0) is 42.5 Å².